The standard InChI is InChI=1S/C27H29NO10.C9H18N2O5/c1-10-22(30)14(28)7-17(37-10)38-16-9-27(35,11(2)29)8-13-19(16)26(34)21-20(24(13)32)23(31)12-5-4-6-15(36-3)18(12)25(21)33;1-9(4-12,5-13)11-7(14)3-2-6(10)8(15)16/h4-6,10,14,16-17,22,30,32,34-35H,7-9,28H2,1-3H3;6,12-13H,2-5,10H2,1H3,(H,11,14)(H,15,16). The molecule has 1 amide bonds. The van der Waals surface area contributed by atoms with E-state index >= 15 is 0 Å². The fraction of sp³-hybridized carbons (Fsp3) is 0.528. The number of ether oxygens (including phenoxy) is 3. The van der Waals surface area contributed by atoms with Gasteiger partial charge in [0.25, 0.3) is 0 Å². The van der Waals surface area contributed by atoms with Crippen LogP contribution in [-0.4, -0.2) is 127 Å². The van der Waals surface area contributed by atoms with Gasteiger partial charge in [0.05, 0.1) is 60.9 Å². The Labute approximate surface area is 309 Å². The fourth-order valence-electron chi connectivity index (χ4n) is 6.60. The second-order valence-corrected chi connectivity index (χ2v) is 14.0. The fourth-order valence-corrected chi connectivity index (χ4v) is 6.60. The van der Waals surface area contributed by atoms with Crippen LogP contribution in [0.15, 0.2) is 18.2 Å². The summed E-state index contributed by atoms with van der Waals surface area (Å²) in [5.74, 6) is -4.80. The highest BCUT2D eigenvalue weighted by molar-refractivity contribution is 6.31. The van der Waals surface area contributed by atoms with E-state index < -0.39 is 119 Å². The maximum absolute atomic E-state index is 13.6. The Morgan fingerprint density at radius 3 is 2.28 bits per heavy atom. The number of ketones is 3. The zero-order chi connectivity index (χ0) is 40.4. The maximum Gasteiger partial charge on any atom is 0.320 e. The molecule has 0 bridgehead atoms. The predicted molar refractivity (Wildman–Crippen MR) is 186 cm³/mol. The number of aliphatic hydroxyl groups is 4. The number of aromatic hydroxyl groups is 2. The van der Waals surface area contributed by atoms with Gasteiger partial charge in [-0.25, -0.2) is 0 Å². The van der Waals surface area contributed by atoms with Crippen molar-refractivity contribution in [2.45, 2.75) is 101 Å². The van der Waals surface area contributed by atoms with E-state index in [1.807, 2.05) is 0 Å². The number of hydrogen-bond donors (Lipinski definition) is 10. The van der Waals surface area contributed by atoms with Crippen molar-refractivity contribution < 1.29 is 73.9 Å². The molecule has 0 radical (unpaired) electrons. The van der Waals surface area contributed by atoms with Crippen molar-refractivity contribution in [1.29, 1.82) is 0 Å². The van der Waals surface area contributed by atoms with Crippen LogP contribution in [0.4, 0.5) is 0 Å². The van der Waals surface area contributed by atoms with Gasteiger partial charge in [0.15, 0.2) is 17.9 Å². The molecule has 2 aromatic carbocycles. The number of methoxy groups -OCH3 is 1. The minimum atomic E-state index is -2.00. The van der Waals surface area contributed by atoms with Crippen molar-refractivity contribution in [2.24, 2.45) is 11.5 Å². The molecule has 54 heavy (non-hydrogen) atoms. The second kappa shape index (κ2) is 16.5. The smallest absolute Gasteiger partial charge is 0.320 e. The number of carboxylic acid groups (broad SMARTS) is 1. The number of rotatable bonds is 11. The lowest BCUT2D eigenvalue weighted by molar-refractivity contribution is -0.247. The van der Waals surface area contributed by atoms with Crippen LogP contribution in [0, 0.1) is 0 Å². The molecule has 18 heteroatoms. The summed E-state index contributed by atoms with van der Waals surface area (Å²) in [6.07, 6.45) is -4.59. The molecule has 3 aliphatic rings. The molecule has 18 nitrogen and oxygen atoms in total. The van der Waals surface area contributed by atoms with Gasteiger partial charge in [-0.05, 0) is 33.3 Å². The third kappa shape index (κ3) is 8.25. The molecule has 1 heterocycles. The summed E-state index contributed by atoms with van der Waals surface area (Å²) in [7, 11) is 1.34. The van der Waals surface area contributed by atoms with Crippen LogP contribution in [-0.2, 0) is 30.3 Å². The molecule has 1 aliphatic heterocycles. The number of carbonyl (C=O) groups excluding carboxylic acids is 4. The van der Waals surface area contributed by atoms with Crippen LogP contribution in [0.25, 0.3) is 0 Å². The van der Waals surface area contributed by atoms with Crippen molar-refractivity contribution in [1.82, 2.24) is 5.32 Å². The largest absolute Gasteiger partial charge is 0.507 e. The van der Waals surface area contributed by atoms with Gasteiger partial charge in [0.2, 0.25) is 11.7 Å². The lowest BCUT2D eigenvalue weighted by Gasteiger charge is -2.42. The summed E-state index contributed by atoms with van der Waals surface area (Å²) >= 11 is 0. The molecule has 7 unspecified atom stereocenters. The highest BCUT2D eigenvalue weighted by Gasteiger charge is 2.49. The predicted octanol–water partition coefficient (Wildman–Crippen LogP) is -0.933. The first kappa shape index (κ1) is 42.2. The average Bonchev–Trinajstić information content (AvgIpc) is 3.12. The van der Waals surface area contributed by atoms with E-state index in [0.29, 0.717) is 0 Å². The van der Waals surface area contributed by atoms with Crippen LogP contribution in [0.1, 0.15) is 95.5 Å². The van der Waals surface area contributed by atoms with Crippen LogP contribution < -0.4 is 21.5 Å². The average molecular weight is 762 g/mol. The molecule has 2 aromatic rings. The van der Waals surface area contributed by atoms with Crippen LogP contribution >= 0.6 is 0 Å². The van der Waals surface area contributed by atoms with Gasteiger partial charge in [-0.3, -0.25) is 24.0 Å². The molecule has 1 fully saturated rings. The normalized spacial score (nSPS) is 25.3. The molecule has 0 spiro atoms. The van der Waals surface area contributed by atoms with Crippen molar-refractivity contribution >= 4 is 29.2 Å². The molecule has 1 saturated heterocycles. The molecule has 2 aliphatic carbocycles. The number of phenols is 2. The van der Waals surface area contributed by atoms with Crippen molar-refractivity contribution in [2.75, 3.05) is 20.3 Å². The van der Waals surface area contributed by atoms with E-state index in [-0.39, 0.29) is 53.7 Å². The molecular formula is C36H47N3O15. The number of nitrogens with one attached hydrogen (secondary N) is 1. The number of phenolic OH excluding ortho intramolecular Hbond substituents is 2. The minimum absolute atomic E-state index is 0.00804. The molecule has 12 N–H and O–H groups in total. The number of nitrogens with two attached hydrogens (primary N) is 2. The monoisotopic (exact) mass is 761 g/mol. The summed E-state index contributed by atoms with van der Waals surface area (Å²) in [4.78, 5) is 61.3. The van der Waals surface area contributed by atoms with E-state index in [2.05, 4.69) is 5.32 Å². The number of aliphatic hydroxyl groups excluding tert-OH is 3. The second-order valence-electron chi connectivity index (χ2n) is 14.0. The number of aliphatic carboxylic acids is 1. The van der Waals surface area contributed by atoms with Gasteiger partial charge in [0.1, 0.15) is 28.9 Å². The molecule has 0 aromatic heterocycles. The SMILES string of the molecule is CC(CO)(CO)NC(=O)CCC(N)C(=O)O.COc1cccc2c1C(=O)c1c(O)c3c(c(O)c1C2=O)CC(O)(C(C)=O)CC3OC1CC(N)C(O)C(C)O1. The highest BCUT2D eigenvalue weighted by Crippen LogP contribution is 2.52. The summed E-state index contributed by atoms with van der Waals surface area (Å²) in [6, 6.07) is 2.66. The van der Waals surface area contributed by atoms with Crippen LogP contribution in [0.5, 0.6) is 17.2 Å². The number of carbonyl (C=O) groups is 5. The van der Waals surface area contributed by atoms with Gasteiger partial charge >= 0.3 is 5.97 Å². The number of carboxylic acids is 1. The Morgan fingerprint density at radius 1 is 1.09 bits per heavy atom. The number of fused-ring (bicyclic) bond motifs is 3. The Morgan fingerprint density at radius 2 is 1.72 bits per heavy atom. The Balaban J connectivity index is 0.000000344. The van der Waals surface area contributed by atoms with Crippen LogP contribution in [0.2, 0.25) is 0 Å². The van der Waals surface area contributed by atoms with E-state index in [1.54, 1.807) is 6.92 Å². The Hall–Kier alpha value is -4.53. The maximum atomic E-state index is 13.6. The summed E-state index contributed by atoms with van der Waals surface area (Å²) < 4.78 is 17.1. The van der Waals surface area contributed by atoms with Gasteiger partial charge < -0.3 is 66.7 Å². The van der Waals surface area contributed by atoms with E-state index in [4.69, 9.17) is 41.0 Å². The van der Waals surface area contributed by atoms with E-state index in [1.165, 1.54) is 39.2 Å². The lowest BCUT2D eigenvalue weighted by Crippen LogP contribution is -2.52. The summed E-state index contributed by atoms with van der Waals surface area (Å²) in [5.41, 5.74) is 7.10. The van der Waals surface area contributed by atoms with E-state index in [0.717, 1.165) is 0 Å². The molecule has 5 rings (SSSR count). The molecule has 7 atom stereocenters. The lowest BCUT2D eigenvalue weighted by atomic mass is 9.72. The van der Waals surface area contributed by atoms with Gasteiger partial charge in [-0.2, -0.15) is 0 Å². The molecule has 0 saturated carbocycles. The quantitative estimate of drug-likeness (QED) is 0.105. The number of benzene rings is 2. The number of Topliss-reactive ketones (excluding diaryl/α,β-unsaturated/α-hetero) is 1. The third-order valence-electron chi connectivity index (χ3n) is 9.94. The van der Waals surface area contributed by atoms with Crippen molar-refractivity contribution in [3.05, 3.63) is 51.6 Å². The first-order valence-electron chi connectivity index (χ1n) is 17.1. The van der Waals surface area contributed by atoms with E-state index in [9.17, 15) is 44.4 Å². The molecule has 296 valence electrons. The Bertz CT molecular complexity index is 1800. The molecular weight excluding hydrogens is 714 g/mol. The zero-order valence-corrected chi connectivity index (χ0v) is 30.2. The number of hydrogen-bond acceptors (Lipinski definition) is 16. The Kier molecular flexibility index (Phi) is 12.9. The van der Waals surface area contributed by atoms with Gasteiger partial charge in [-0.15, -0.1) is 0 Å². The zero-order valence-electron chi connectivity index (χ0n) is 30.2. The topological polar surface area (TPSA) is 319 Å². The van der Waals surface area contributed by atoms with Crippen molar-refractivity contribution in [3.8, 4) is 17.2 Å². The highest BCUT2D eigenvalue weighted by atomic mass is 16.7. The van der Waals surface area contributed by atoms with Crippen molar-refractivity contribution in [3.63, 3.8) is 0 Å². The summed E-state index contributed by atoms with van der Waals surface area (Å²) in [5, 5.41) is 72.8. The number of amides is 1. The summed E-state index contributed by atoms with van der Waals surface area (Å²) in [6.45, 7) is 3.46. The first-order valence-corrected chi connectivity index (χ1v) is 17.1. The van der Waals surface area contributed by atoms with Gasteiger partial charge in [0, 0.05) is 48.4 Å². The first-order chi connectivity index (χ1) is 25.2. The third-order valence-corrected chi connectivity index (χ3v) is 9.94. The van der Waals surface area contributed by atoms with Gasteiger partial charge in [-0.1, -0.05) is 12.1 Å². The van der Waals surface area contributed by atoms with Crippen LogP contribution in [0.3, 0.4) is 0 Å². The minimum Gasteiger partial charge on any atom is -0.507 e.